The lowest BCUT2D eigenvalue weighted by Gasteiger charge is -2.38. The minimum Gasteiger partial charge on any atom is -0.497 e. The van der Waals surface area contributed by atoms with E-state index in [1.807, 2.05) is 60.7 Å². The number of nitrogen functional groups attached to an aromatic ring is 1. The van der Waals surface area contributed by atoms with E-state index in [2.05, 4.69) is 31.2 Å². The molecule has 1 unspecified atom stereocenters. The summed E-state index contributed by atoms with van der Waals surface area (Å²) in [6.45, 7) is 2.07. The molecule has 4 rings (SSSR count). The Labute approximate surface area is 176 Å². The van der Waals surface area contributed by atoms with Crippen LogP contribution in [0, 0.1) is 12.7 Å². The van der Waals surface area contributed by atoms with Crippen molar-refractivity contribution >= 4 is 5.69 Å². The number of nitrogens with two attached hydrogens (primary N) is 1. The summed E-state index contributed by atoms with van der Waals surface area (Å²) < 4.78 is 19.3. The van der Waals surface area contributed by atoms with Gasteiger partial charge in [-0.05, 0) is 65.1 Å². The van der Waals surface area contributed by atoms with E-state index >= 15 is 0 Å². The molecule has 150 valence electrons. The Morgan fingerprint density at radius 3 is 2.00 bits per heavy atom. The Kier molecular flexibility index (Phi) is 5.28. The maximum absolute atomic E-state index is 13.9. The molecule has 0 saturated carbocycles. The van der Waals surface area contributed by atoms with E-state index in [1.165, 1.54) is 12.1 Å². The van der Waals surface area contributed by atoms with Crippen molar-refractivity contribution < 1.29 is 9.13 Å². The van der Waals surface area contributed by atoms with Gasteiger partial charge in [0.25, 0.3) is 0 Å². The summed E-state index contributed by atoms with van der Waals surface area (Å²) >= 11 is 0. The van der Waals surface area contributed by atoms with Gasteiger partial charge in [-0.2, -0.15) is 0 Å². The molecule has 0 saturated heterocycles. The van der Waals surface area contributed by atoms with Crippen LogP contribution in [0.1, 0.15) is 27.8 Å². The number of halogens is 1. The van der Waals surface area contributed by atoms with Crippen LogP contribution < -0.4 is 10.5 Å². The van der Waals surface area contributed by atoms with Crippen molar-refractivity contribution in [1.29, 1.82) is 0 Å². The lowest BCUT2D eigenvalue weighted by atomic mass is 9.63. The van der Waals surface area contributed by atoms with Crippen molar-refractivity contribution in [3.63, 3.8) is 0 Å². The first-order valence-corrected chi connectivity index (χ1v) is 9.89. The molecule has 0 fully saturated rings. The fourth-order valence-corrected chi connectivity index (χ4v) is 4.34. The van der Waals surface area contributed by atoms with Crippen molar-refractivity contribution in [3.8, 4) is 5.75 Å². The third-order valence-corrected chi connectivity index (χ3v) is 5.69. The third-order valence-electron chi connectivity index (χ3n) is 5.69. The monoisotopic (exact) mass is 397 g/mol. The molecule has 0 heterocycles. The van der Waals surface area contributed by atoms with Crippen LogP contribution in [0.3, 0.4) is 0 Å². The largest absolute Gasteiger partial charge is 0.497 e. The average molecular weight is 397 g/mol. The molecule has 0 radical (unpaired) electrons. The Morgan fingerprint density at radius 1 is 0.733 bits per heavy atom. The molecular formula is C27H24FNO. The third kappa shape index (κ3) is 3.22. The molecule has 0 aromatic heterocycles. The molecule has 0 aliphatic rings. The van der Waals surface area contributed by atoms with Gasteiger partial charge in [0.1, 0.15) is 11.6 Å². The van der Waals surface area contributed by atoms with Gasteiger partial charge in [0, 0.05) is 5.69 Å². The van der Waals surface area contributed by atoms with Gasteiger partial charge in [0.15, 0.2) is 0 Å². The second kappa shape index (κ2) is 8.03. The molecular weight excluding hydrogens is 373 g/mol. The highest BCUT2D eigenvalue weighted by Crippen LogP contribution is 2.48. The Balaban J connectivity index is 2.17. The summed E-state index contributed by atoms with van der Waals surface area (Å²) in [6, 6.07) is 30.9. The molecule has 0 amide bonds. The predicted molar refractivity (Wildman–Crippen MR) is 120 cm³/mol. The highest BCUT2D eigenvalue weighted by atomic mass is 19.1. The number of ether oxygens (including phenoxy) is 1. The topological polar surface area (TPSA) is 35.2 Å². The number of hydrogen-bond acceptors (Lipinski definition) is 2. The molecule has 30 heavy (non-hydrogen) atoms. The van der Waals surface area contributed by atoms with Crippen molar-refractivity contribution in [2.75, 3.05) is 12.8 Å². The fraction of sp³-hybridized carbons (Fsp3) is 0.111. The summed E-state index contributed by atoms with van der Waals surface area (Å²) in [4.78, 5) is 0. The van der Waals surface area contributed by atoms with Gasteiger partial charge < -0.3 is 10.5 Å². The zero-order valence-electron chi connectivity index (χ0n) is 17.1. The Morgan fingerprint density at radius 2 is 1.37 bits per heavy atom. The Bertz CT molecular complexity index is 1160. The van der Waals surface area contributed by atoms with Crippen LogP contribution in [0.5, 0.6) is 5.75 Å². The molecule has 4 aromatic rings. The summed E-state index contributed by atoms with van der Waals surface area (Å²) in [6.07, 6.45) is 0. The van der Waals surface area contributed by atoms with E-state index in [0.717, 1.165) is 33.6 Å². The minimum absolute atomic E-state index is 0.270. The van der Waals surface area contributed by atoms with Crippen LogP contribution in [0.4, 0.5) is 10.1 Å². The number of methoxy groups -OCH3 is 1. The summed E-state index contributed by atoms with van der Waals surface area (Å²) in [5.74, 6) is 0.520. The molecule has 0 spiro atoms. The molecule has 2 nitrogen and oxygen atoms in total. The van der Waals surface area contributed by atoms with Crippen LogP contribution in [0.15, 0.2) is 97.1 Å². The van der Waals surface area contributed by atoms with Crippen molar-refractivity contribution in [3.05, 3.63) is 131 Å². The van der Waals surface area contributed by atoms with Gasteiger partial charge in [0.2, 0.25) is 0 Å². The van der Waals surface area contributed by atoms with Crippen molar-refractivity contribution in [1.82, 2.24) is 0 Å². The number of anilines is 1. The first-order valence-electron chi connectivity index (χ1n) is 9.89. The van der Waals surface area contributed by atoms with Gasteiger partial charge in [0.05, 0.1) is 12.5 Å². The van der Waals surface area contributed by atoms with Gasteiger partial charge in [-0.15, -0.1) is 0 Å². The molecule has 4 aromatic carbocycles. The molecule has 0 aliphatic carbocycles. The molecule has 2 N–H and O–H groups in total. The van der Waals surface area contributed by atoms with Crippen LogP contribution in [0.25, 0.3) is 0 Å². The second-order valence-corrected chi connectivity index (χ2v) is 7.39. The lowest BCUT2D eigenvalue weighted by Crippen LogP contribution is -2.32. The number of rotatable bonds is 5. The van der Waals surface area contributed by atoms with E-state index in [-0.39, 0.29) is 5.82 Å². The Hall–Kier alpha value is -3.59. The highest BCUT2D eigenvalue weighted by Gasteiger charge is 2.40. The zero-order valence-corrected chi connectivity index (χ0v) is 17.1. The maximum atomic E-state index is 13.9. The number of benzene rings is 4. The zero-order chi connectivity index (χ0) is 21.1. The average Bonchev–Trinajstić information content (AvgIpc) is 2.78. The molecule has 0 bridgehead atoms. The smallest absolute Gasteiger partial charge is 0.123 e. The molecule has 1 atom stereocenters. The van der Waals surface area contributed by atoms with Crippen molar-refractivity contribution in [2.45, 2.75) is 12.3 Å². The van der Waals surface area contributed by atoms with Crippen molar-refractivity contribution in [2.24, 2.45) is 0 Å². The van der Waals surface area contributed by atoms with Gasteiger partial charge in [-0.3, -0.25) is 0 Å². The van der Waals surface area contributed by atoms with E-state index in [1.54, 1.807) is 7.11 Å². The lowest BCUT2D eigenvalue weighted by molar-refractivity contribution is 0.414. The van der Waals surface area contributed by atoms with Gasteiger partial charge in [-0.25, -0.2) is 4.39 Å². The summed E-state index contributed by atoms with van der Waals surface area (Å²) in [7, 11) is 1.66. The maximum Gasteiger partial charge on any atom is 0.123 e. The first-order chi connectivity index (χ1) is 14.6. The van der Waals surface area contributed by atoms with Gasteiger partial charge >= 0.3 is 0 Å². The van der Waals surface area contributed by atoms with Crippen LogP contribution in [0.2, 0.25) is 0 Å². The van der Waals surface area contributed by atoms with Crippen LogP contribution >= 0.6 is 0 Å². The SMILES string of the molecule is COc1ccc(C(c2ccccc2)(c2ccc(F)cc2)c2ccccc2N)c(C)c1. The number of para-hydroxylation sites is 1. The first kappa shape index (κ1) is 19.7. The fourth-order valence-electron chi connectivity index (χ4n) is 4.34. The molecule has 3 heteroatoms. The number of aryl methyl sites for hydroxylation is 1. The van der Waals surface area contributed by atoms with E-state index < -0.39 is 5.41 Å². The number of hydrogen-bond donors (Lipinski definition) is 1. The van der Waals surface area contributed by atoms with Crippen LogP contribution in [-0.4, -0.2) is 7.11 Å². The van der Waals surface area contributed by atoms with E-state index in [4.69, 9.17) is 10.5 Å². The summed E-state index contributed by atoms with van der Waals surface area (Å²) in [5, 5.41) is 0. The van der Waals surface area contributed by atoms with Crippen LogP contribution in [-0.2, 0) is 5.41 Å². The van der Waals surface area contributed by atoms with E-state index in [9.17, 15) is 4.39 Å². The predicted octanol–water partition coefficient (Wildman–Crippen LogP) is 6.11. The molecule has 0 aliphatic heterocycles. The standard InChI is InChI=1S/C27H24FNO/c1-19-18-23(30-2)16-17-24(19)27(20-8-4-3-5-9-20,21-12-14-22(28)15-13-21)25-10-6-7-11-26(25)29/h3-18H,29H2,1-2H3. The quantitative estimate of drug-likeness (QED) is 0.326. The second-order valence-electron chi connectivity index (χ2n) is 7.39. The minimum atomic E-state index is -0.712. The normalized spacial score (nSPS) is 12.9. The van der Waals surface area contributed by atoms with Gasteiger partial charge in [-0.1, -0.05) is 66.7 Å². The summed E-state index contributed by atoms with van der Waals surface area (Å²) in [5.41, 5.74) is 11.6. The highest BCUT2D eigenvalue weighted by molar-refractivity contribution is 5.68. The van der Waals surface area contributed by atoms with E-state index in [0.29, 0.717) is 5.69 Å².